The Balaban J connectivity index is 2.23. The van der Waals surface area contributed by atoms with Gasteiger partial charge in [0, 0.05) is 6.54 Å². The molecule has 11 heavy (non-hydrogen) atoms. The van der Waals surface area contributed by atoms with Gasteiger partial charge in [0.15, 0.2) is 10.9 Å². The zero-order valence-electron chi connectivity index (χ0n) is 5.96. The molecule has 0 aliphatic carbocycles. The molecular formula is C6H9ClN2OS. The predicted molar refractivity (Wildman–Crippen MR) is 47.1 cm³/mol. The van der Waals surface area contributed by atoms with E-state index in [0.29, 0.717) is 5.75 Å². The Labute approximate surface area is 74.4 Å². The summed E-state index contributed by atoms with van der Waals surface area (Å²) >= 11 is 7.24. The van der Waals surface area contributed by atoms with Crippen LogP contribution in [-0.2, 0) is 0 Å². The number of fused-ring (bicyclic) bond motifs is 1. The lowest BCUT2D eigenvalue weighted by atomic mass is 10.3. The second-order valence-electron chi connectivity index (χ2n) is 2.72. The van der Waals surface area contributed by atoms with Crippen molar-refractivity contribution in [1.29, 1.82) is 0 Å². The van der Waals surface area contributed by atoms with E-state index in [9.17, 15) is 5.11 Å². The number of hydrogen-bond donors (Lipinski definition) is 1. The van der Waals surface area contributed by atoms with Crippen LogP contribution in [0.1, 0.15) is 0 Å². The average molecular weight is 193 g/mol. The third kappa shape index (κ3) is 1.04. The lowest BCUT2D eigenvalue weighted by Crippen LogP contribution is -2.48. The Morgan fingerprint density at radius 3 is 3.36 bits per heavy atom. The first-order valence-electron chi connectivity index (χ1n) is 3.49. The number of alkyl halides is 1. The number of nitrogens with zero attached hydrogens (tertiary/aromatic N) is 2. The second kappa shape index (κ2) is 2.54. The summed E-state index contributed by atoms with van der Waals surface area (Å²) < 4.78 is 0. The smallest absolute Gasteiger partial charge is 0.162 e. The molecule has 2 aliphatic rings. The highest BCUT2D eigenvalue weighted by atomic mass is 35.5. The normalized spacial score (nSPS) is 35.8. The molecule has 0 amide bonds. The first-order valence-corrected chi connectivity index (χ1v) is 5.01. The highest BCUT2D eigenvalue weighted by Gasteiger charge is 2.44. The van der Waals surface area contributed by atoms with Gasteiger partial charge in [-0.2, -0.15) is 0 Å². The maximum atomic E-state index is 9.86. The zero-order valence-corrected chi connectivity index (χ0v) is 7.53. The van der Waals surface area contributed by atoms with E-state index < -0.39 is 5.72 Å². The predicted octanol–water partition coefficient (Wildman–Crippen LogP) is 0.332. The molecule has 1 saturated heterocycles. The van der Waals surface area contributed by atoms with E-state index in [2.05, 4.69) is 4.99 Å². The van der Waals surface area contributed by atoms with Crippen molar-refractivity contribution in [1.82, 2.24) is 4.90 Å². The van der Waals surface area contributed by atoms with Crippen molar-refractivity contribution in [2.45, 2.75) is 5.72 Å². The van der Waals surface area contributed by atoms with Crippen LogP contribution in [-0.4, -0.2) is 45.6 Å². The van der Waals surface area contributed by atoms with E-state index in [1.165, 1.54) is 0 Å². The van der Waals surface area contributed by atoms with Gasteiger partial charge in [0.05, 0.1) is 18.2 Å². The fraction of sp³-hybridized carbons (Fsp3) is 0.833. The van der Waals surface area contributed by atoms with Gasteiger partial charge in [-0.3, -0.25) is 4.99 Å². The Morgan fingerprint density at radius 2 is 2.64 bits per heavy atom. The maximum Gasteiger partial charge on any atom is 0.162 e. The number of aliphatic imine (C=N–C) groups is 1. The number of hydrogen-bond acceptors (Lipinski definition) is 4. The van der Waals surface area contributed by atoms with Crippen LogP contribution in [0.5, 0.6) is 0 Å². The molecule has 3 nitrogen and oxygen atoms in total. The Bertz CT molecular complexity index is 211. The van der Waals surface area contributed by atoms with E-state index in [0.717, 1.165) is 18.3 Å². The molecule has 0 aromatic carbocycles. The van der Waals surface area contributed by atoms with Crippen LogP contribution >= 0.6 is 23.4 Å². The summed E-state index contributed by atoms with van der Waals surface area (Å²) in [6.07, 6.45) is 0. The minimum Gasteiger partial charge on any atom is -0.369 e. The standard InChI is InChI=1S/C6H9ClN2OS/c7-3-6(10)4-11-5-8-1-2-9(5)6/h10H,1-4H2. The van der Waals surface area contributed by atoms with Gasteiger partial charge >= 0.3 is 0 Å². The number of halogens is 1. The molecule has 0 aromatic heterocycles. The van der Waals surface area contributed by atoms with Gasteiger partial charge in [-0.15, -0.1) is 11.6 Å². The fourth-order valence-corrected chi connectivity index (χ4v) is 2.87. The fourth-order valence-electron chi connectivity index (χ4n) is 1.31. The van der Waals surface area contributed by atoms with E-state index in [1.54, 1.807) is 11.8 Å². The maximum absolute atomic E-state index is 9.86. The van der Waals surface area contributed by atoms with E-state index in [1.807, 2.05) is 4.90 Å². The topological polar surface area (TPSA) is 35.8 Å². The summed E-state index contributed by atoms with van der Waals surface area (Å²) in [6.45, 7) is 1.60. The minimum atomic E-state index is -0.832. The summed E-state index contributed by atoms with van der Waals surface area (Å²) in [5, 5.41) is 10.8. The SMILES string of the molecule is OC1(CCl)CSC2=NCCN21. The quantitative estimate of drug-likeness (QED) is 0.609. The van der Waals surface area contributed by atoms with E-state index >= 15 is 0 Å². The van der Waals surface area contributed by atoms with Crippen molar-refractivity contribution in [3.05, 3.63) is 0 Å². The molecule has 0 bridgehead atoms. The average Bonchev–Trinajstić information content (AvgIpc) is 2.55. The Hall–Kier alpha value is 0.0700. The van der Waals surface area contributed by atoms with Crippen LogP contribution in [0.4, 0.5) is 0 Å². The summed E-state index contributed by atoms with van der Waals surface area (Å²) in [6, 6.07) is 0. The van der Waals surface area contributed by atoms with Crippen LogP contribution in [0.15, 0.2) is 4.99 Å². The van der Waals surface area contributed by atoms with E-state index in [-0.39, 0.29) is 5.88 Å². The van der Waals surface area contributed by atoms with Crippen molar-refractivity contribution in [3.63, 3.8) is 0 Å². The van der Waals surface area contributed by atoms with Crippen molar-refractivity contribution in [2.75, 3.05) is 24.7 Å². The summed E-state index contributed by atoms with van der Waals surface area (Å²) in [5.41, 5.74) is -0.832. The lowest BCUT2D eigenvalue weighted by molar-refractivity contribution is -0.0151. The zero-order chi connectivity index (χ0) is 7.90. The van der Waals surface area contributed by atoms with Gasteiger partial charge in [0.1, 0.15) is 0 Å². The first-order chi connectivity index (χ1) is 5.26. The number of rotatable bonds is 1. The third-order valence-electron chi connectivity index (χ3n) is 1.95. The van der Waals surface area contributed by atoms with Gasteiger partial charge in [-0.05, 0) is 0 Å². The largest absolute Gasteiger partial charge is 0.369 e. The summed E-state index contributed by atoms with van der Waals surface area (Å²) in [4.78, 5) is 6.12. The molecule has 2 aliphatic heterocycles. The molecule has 0 radical (unpaired) electrons. The summed E-state index contributed by atoms with van der Waals surface area (Å²) in [5.74, 6) is 0.911. The van der Waals surface area contributed by atoms with E-state index in [4.69, 9.17) is 11.6 Å². The molecule has 1 unspecified atom stereocenters. The van der Waals surface area contributed by atoms with Crippen molar-refractivity contribution >= 4 is 28.5 Å². The number of amidine groups is 1. The molecule has 1 fully saturated rings. The highest BCUT2D eigenvalue weighted by Crippen LogP contribution is 2.34. The first kappa shape index (κ1) is 7.71. The Kier molecular flexibility index (Phi) is 1.78. The van der Waals surface area contributed by atoms with Crippen molar-refractivity contribution in [2.24, 2.45) is 4.99 Å². The molecule has 1 N–H and O–H groups in total. The highest BCUT2D eigenvalue weighted by molar-refractivity contribution is 8.14. The van der Waals surface area contributed by atoms with Gasteiger partial charge in [-0.25, -0.2) is 0 Å². The summed E-state index contributed by atoms with van der Waals surface area (Å²) in [7, 11) is 0. The molecule has 0 saturated carbocycles. The molecule has 0 spiro atoms. The molecule has 62 valence electrons. The molecule has 0 aromatic rings. The van der Waals surface area contributed by atoms with Crippen LogP contribution in [0.2, 0.25) is 0 Å². The van der Waals surface area contributed by atoms with Gasteiger partial charge in [0.25, 0.3) is 0 Å². The molecule has 2 heterocycles. The number of aliphatic hydroxyl groups is 1. The molecule has 2 rings (SSSR count). The third-order valence-corrected chi connectivity index (χ3v) is 3.59. The molecular weight excluding hydrogens is 184 g/mol. The van der Waals surface area contributed by atoms with Gasteiger partial charge in [0.2, 0.25) is 0 Å². The van der Waals surface area contributed by atoms with Gasteiger partial charge < -0.3 is 10.0 Å². The van der Waals surface area contributed by atoms with Crippen LogP contribution in [0.25, 0.3) is 0 Å². The lowest BCUT2D eigenvalue weighted by Gasteiger charge is -2.29. The molecule has 5 heteroatoms. The number of thioether (sulfide) groups is 1. The minimum absolute atomic E-state index is 0.263. The Morgan fingerprint density at radius 1 is 1.82 bits per heavy atom. The van der Waals surface area contributed by atoms with Crippen molar-refractivity contribution < 1.29 is 5.11 Å². The van der Waals surface area contributed by atoms with Gasteiger partial charge in [-0.1, -0.05) is 11.8 Å². The van der Waals surface area contributed by atoms with Crippen LogP contribution < -0.4 is 0 Å². The monoisotopic (exact) mass is 192 g/mol. The van der Waals surface area contributed by atoms with Crippen LogP contribution in [0, 0.1) is 0 Å². The van der Waals surface area contributed by atoms with Crippen LogP contribution in [0.3, 0.4) is 0 Å². The molecule has 1 atom stereocenters. The second-order valence-corrected chi connectivity index (χ2v) is 3.93. The van der Waals surface area contributed by atoms with Crippen molar-refractivity contribution in [3.8, 4) is 0 Å².